The molecule has 2 aliphatic heterocycles. The van der Waals surface area contributed by atoms with Gasteiger partial charge in [0.15, 0.2) is 5.69 Å². The molecule has 1 aromatic heterocycles. The molecule has 0 saturated carbocycles. The molecule has 1 N–H and O–H groups in total. The minimum atomic E-state index is -0.214. The normalized spacial score (nSPS) is 19.0. The van der Waals surface area contributed by atoms with Crippen LogP contribution < -0.4 is 5.32 Å². The Hall–Kier alpha value is -2.53. The minimum Gasteiger partial charge on any atom is -0.377 e. The highest BCUT2D eigenvalue weighted by Gasteiger charge is 2.37. The Kier molecular flexibility index (Phi) is 4.11. The van der Waals surface area contributed by atoms with Crippen LogP contribution in [-0.4, -0.2) is 34.0 Å². The van der Waals surface area contributed by atoms with Crippen LogP contribution in [-0.2, 0) is 0 Å². The van der Waals surface area contributed by atoms with Crippen molar-refractivity contribution < 1.29 is 4.79 Å². The predicted molar refractivity (Wildman–Crippen MR) is 103 cm³/mol. The molecule has 5 nitrogen and oxygen atoms in total. The van der Waals surface area contributed by atoms with Crippen LogP contribution in [0.2, 0.25) is 5.02 Å². The molecule has 3 heterocycles. The third kappa shape index (κ3) is 2.72. The van der Waals surface area contributed by atoms with Gasteiger partial charge >= 0.3 is 0 Å². The summed E-state index contributed by atoms with van der Waals surface area (Å²) in [5.74, 6) is 0.723. The number of allylic oxidation sites excluding steroid dienone is 2. The van der Waals surface area contributed by atoms with E-state index in [1.807, 2.05) is 37.5 Å². The fourth-order valence-electron chi connectivity index (χ4n) is 3.52. The van der Waals surface area contributed by atoms with Crippen molar-refractivity contribution in [1.82, 2.24) is 19.8 Å². The molecule has 1 amide bonds. The van der Waals surface area contributed by atoms with Gasteiger partial charge in [-0.2, -0.15) is 0 Å². The fourth-order valence-corrected chi connectivity index (χ4v) is 3.65. The smallest absolute Gasteiger partial charge is 0.272 e. The zero-order chi connectivity index (χ0) is 18.4. The van der Waals surface area contributed by atoms with Crippen LogP contribution in [0.15, 0.2) is 42.6 Å². The van der Waals surface area contributed by atoms with Crippen molar-refractivity contribution in [2.24, 2.45) is 0 Å². The highest BCUT2D eigenvalue weighted by atomic mass is 35.5. The van der Waals surface area contributed by atoms with Gasteiger partial charge in [-0.1, -0.05) is 29.8 Å². The number of hydrogen-bond acceptors (Lipinski definition) is 3. The number of nitrogens with one attached hydrogen (secondary N) is 1. The van der Waals surface area contributed by atoms with Gasteiger partial charge in [0, 0.05) is 30.2 Å². The first-order chi connectivity index (χ1) is 12.5. The number of likely N-dealkylation sites (N-methyl/N-ethyl adjacent to an activating group) is 1. The van der Waals surface area contributed by atoms with E-state index in [9.17, 15) is 4.79 Å². The van der Waals surface area contributed by atoms with Gasteiger partial charge in [0.05, 0.1) is 11.7 Å². The predicted octanol–water partition coefficient (Wildman–Crippen LogP) is 3.79. The Balaban J connectivity index is 1.85. The van der Waals surface area contributed by atoms with Crippen LogP contribution in [0.1, 0.15) is 53.5 Å². The Morgan fingerprint density at radius 1 is 1.27 bits per heavy atom. The first-order valence-electron chi connectivity index (χ1n) is 8.73. The number of carbonyl (C=O) groups excluding carboxylic acids is 1. The van der Waals surface area contributed by atoms with Gasteiger partial charge < -0.3 is 14.8 Å². The summed E-state index contributed by atoms with van der Waals surface area (Å²) in [5, 5.41) is 3.74. The maximum atomic E-state index is 12.6. The van der Waals surface area contributed by atoms with Crippen molar-refractivity contribution in [3.63, 3.8) is 0 Å². The van der Waals surface area contributed by atoms with Gasteiger partial charge in [-0.05, 0) is 43.8 Å². The van der Waals surface area contributed by atoms with E-state index in [-0.39, 0.29) is 18.0 Å². The second-order valence-corrected chi connectivity index (χ2v) is 7.44. The van der Waals surface area contributed by atoms with E-state index < -0.39 is 0 Å². The number of aromatic nitrogens is 2. The van der Waals surface area contributed by atoms with Crippen molar-refractivity contribution >= 4 is 23.1 Å². The van der Waals surface area contributed by atoms with E-state index >= 15 is 0 Å². The standard InChI is InChI=1S/C20H21ClN4O/c1-12(2)25-18-16(13-4-6-15(21)7-5-13)23-20(26)17(18)22-19(25)14-8-10-24(3)11-9-14/h4-10,12,16H,11H2,1-3H3,(H,23,26). The van der Waals surface area contributed by atoms with E-state index in [1.54, 1.807) is 0 Å². The van der Waals surface area contributed by atoms with Crippen molar-refractivity contribution in [3.05, 3.63) is 70.4 Å². The second kappa shape index (κ2) is 6.32. The summed E-state index contributed by atoms with van der Waals surface area (Å²) in [6.07, 6.45) is 6.23. The maximum absolute atomic E-state index is 12.6. The molecule has 26 heavy (non-hydrogen) atoms. The Bertz CT molecular complexity index is 924. The number of hydrogen-bond donors (Lipinski definition) is 1. The van der Waals surface area contributed by atoms with E-state index in [0.29, 0.717) is 10.7 Å². The number of rotatable bonds is 3. The van der Waals surface area contributed by atoms with E-state index in [0.717, 1.165) is 29.2 Å². The summed E-state index contributed by atoms with van der Waals surface area (Å²) in [6.45, 7) is 5.06. The number of halogens is 1. The topological polar surface area (TPSA) is 50.2 Å². The lowest BCUT2D eigenvalue weighted by molar-refractivity contribution is 0.0956. The van der Waals surface area contributed by atoms with Crippen molar-refractivity contribution in [3.8, 4) is 0 Å². The molecule has 2 aliphatic rings. The summed E-state index contributed by atoms with van der Waals surface area (Å²) in [5.41, 5.74) is 3.49. The van der Waals surface area contributed by atoms with Crippen LogP contribution in [0.4, 0.5) is 0 Å². The summed E-state index contributed by atoms with van der Waals surface area (Å²) < 4.78 is 2.17. The molecule has 134 valence electrons. The molecular weight excluding hydrogens is 348 g/mol. The summed E-state index contributed by atoms with van der Waals surface area (Å²) in [7, 11) is 2.03. The second-order valence-electron chi connectivity index (χ2n) is 7.01. The van der Waals surface area contributed by atoms with Gasteiger partial charge in [-0.25, -0.2) is 4.98 Å². The summed E-state index contributed by atoms with van der Waals surface area (Å²) in [4.78, 5) is 19.4. The van der Waals surface area contributed by atoms with Crippen molar-refractivity contribution in [2.45, 2.75) is 25.9 Å². The third-order valence-corrected chi connectivity index (χ3v) is 5.05. The first kappa shape index (κ1) is 16.9. The molecule has 2 aromatic rings. The Labute approximate surface area is 158 Å². The number of fused-ring (bicyclic) bond motifs is 1. The lowest BCUT2D eigenvalue weighted by Gasteiger charge is -2.22. The number of carbonyl (C=O) groups is 1. The Morgan fingerprint density at radius 3 is 2.62 bits per heavy atom. The molecule has 1 atom stereocenters. The minimum absolute atomic E-state index is 0.127. The van der Waals surface area contributed by atoms with Crippen LogP contribution in [0.25, 0.3) is 5.57 Å². The van der Waals surface area contributed by atoms with Gasteiger partial charge in [0.2, 0.25) is 0 Å². The van der Waals surface area contributed by atoms with E-state index in [1.165, 1.54) is 0 Å². The van der Waals surface area contributed by atoms with Crippen LogP contribution >= 0.6 is 11.6 Å². The highest BCUT2D eigenvalue weighted by Crippen LogP contribution is 2.36. The lowest BCUT2D eigenvalue weighted by Crippen LogP contribution is -2.24. The van der Waals surface area contributed by atoms with Crippen LogP contribution in [0.3, 0.4) is 0 Å². The molecule has 0 fully saturated rings. The molecule has 4 rings (SSSR count). The molecule has 0 saturated heterocycles. The van der Waals surface area contributed by atoms with Crippen molar-refractivity contribution in [1.29, 1.82) is 0 Å². The molecule has 1 aromatic carbocycles. The van der Waals surface area contributed by atoms with Gasteiger partial charge in [-0.15, -0.1) is 0 Å². The van der Waals surface area contributed by atoms with Crippen LogP contribution in [0.5, 0.6) is 0 Å². The van der Waals surface area contributed by atoms with Gasteiger partial charge in [-0.3, -0.25) is 4.79 Å². The lowest BCUT2D eigenvalue weighted by atomic mass is 10.0. The molecule has 0 bridgehead atoms. The summed E-state index contributed by atoms with van der Waals surface area (Å²) >= 11 is 6.02. The molecule has 0 radical (unpaired) electrons. The number of nitrogens with zero attached hydrogens (tertiary/aromatic N) is 3. The first-order valence-corrected chi connectivity index (χ1v) is 9.11. The van der Waals surface area contributed by atoms with E-state index in [4.69, 9.17) is 16.6 Å². The molecule has 6 heteroatoms. The van der Waals surface area contributed by atoms with Crippen molar-refractivity contribution in [2.75, 3.05) is 13.6 Å². The highest BCUT2D eigenvalue weighted by molar-refractivity contribution is 6.30. The SMILES string of the molecule is CC(C)n1c(C2=CCN(C)C=C2)nc2c1C(c1ccc(Cl)cc1)NC2=O. The summed E-state index contributed by atoms with van der Waals surface area (Å²) in [6, 6.07) is 7.57. The fraction of sp³-hybridized carbons (Fsp3) is 0.300. The van der Waals surface area contributed by atoms with E-state index in [2.05, 4.69) is 40.8 Å². The number of amides is 1. The average Bonchev–Trinajstić information content (AvgIpc) is 3.15. The third-order valence-electron chi connectivity index (χ3n) is 4.80. The molecule has 0 aliphatic carbocycles. The molecular formula is C20H21ClN4O. The monoisotopic (exact) mass is 368 g/mol. The Morgan fingerprint density at radius 2 is 2.00 bits per heavy atom. The number of benzene rings is 1. The van der Waals surface area contributed by atoms with Gasteiger partial charge in [0.25, 0.3) is 5.91 Å². The maximum Gasteiger partial charge on any atom is 0.272 e. The van der Waals surface area contributed by atoms with Gasteiger partial charge in [0.1, 0.15) is 5.82 Å². The number of imidazole rings is 1. The zero-order valence-corrected chi connectivity index (χ0v) is 15.8. The average molecular weight is 369 g/mol. The quantitative estimate of drug-likeness (QED) is 0.896. The zero-order valence-electron chi connectivity index (χ0n) is 15.0. The molecule has 1 unspecified atom stereocenters. The largest absolute Gasteiger partial charge is 0.377 e. The molecule has 0 spiro atoms. The van der Waals surface area contributed by atoms with Crippen LogP contribution in [0, 0.1) is 0 Å².